The van der Waals surface area contributed by atoms with Crippen LogP contribution in [-0.2, 0) is 11.2 Å². The quantitative estimate of drug-likeness (QED) is 0.841. The van der Waals surface area contributed by atoms with Crippen molar-refractivity contribution < 1.29 is 4.74 Å². The van der Waals surface area contributed by atoms with Crippen LogP contribution in [-0.4, -0.2) is 23.2 Å². The third-order valence-electron chi connectivity index (χ3n) is 3.80. The third-order valence-corrected chi connectivity index (χ3v) is 4.30. The van der Waals surface area contributed by atoms with Crippen LogP contribution in [0.2, 0.25) is 5.02 Å². The first-order valence-electron chi connectivity index (χ1n) is 6.73. The summed E-state index contributed by atoms with van der Waals surface area (Å²) in [7, 11) is 0. The lowest BCUT2D eigenvalue weighted by atomic mass is 9.94. The molecule has 0 aliphatic carbocycles. The number of nitrogens with zero attached hydrogens (tertiary/aromatic N) is 2. The van der Waals surface area contributed by atoms with Crippen molar-refractivity contribution >= 4 is 35.0 Å². The van der Waals surface area contributed by atoms with Crippen LogP contribution in [0.5, 0.6) is 0 Å². The Hall–Kier alpha value is -0.900. The van der Waals surface area contributed by atoms with Crippen molar-refractivity contribution in [3.8, 4) is 0 Å². The number of hydrogen-bond acceptors (Lipinski definition) is 3. The van der Waals surface area contributed by atoms with Gasteiger partial charge in [0.25, 0.3) is 0 Å². The van der Waals surface area contributed by atoms with Gasteiger partial charge in [0.2, 0.25) is 0 Å². The molecule has 1 aliphatic heterocycles. The highest BCUT2D eigenvalue weighted by atomic mass is 35.5. The molecule has 0 bridgehead atoms. The number of pyridine rings is 2. The zero-order chi connectivity index (χ0) is 13.2. The van der Waals surface area contributed by atoms with Gasteiger partial charge in [-0.05, 0) is 49.8 Å². The van der Waals surface area contributed by atoms with Crippen molar-refractivity contribution in [3.63, 3.8) is 0 Å². The fourth-order valence-corrected chi connectivity index (χ4v) is 2.86. The van der Waals surface area contributed by atoms with Crippen LogP contribution in [0.1, 0.15) is 24.1 Å². The summed E-state index contributed by atoms with van der Waals surface area (Å²) >= 11 is 6.46. The van der Waals surface area contributed by atoms with E-state index in [1.807, 2.05) is 19.1 Å². The molecule has 0 unspecified atom stereocenters. The van der Waals surface area contributed by atoms with Crippen molar-refractivity contribution in [2.45, 2.75) is 26.2 Å². The molecule has 5 heteroatoms. The van der Waals surface area contributed by atoms with Gasteiger partial charge in [0, 0.05) is 19.4 Å². The lowest BCUT2D eigenvalue weighted by Gasteiger charge is -2.22. The minimum Gasteiger partial charge on any atom is -0.381 e. The molecule has 0 atom stereocenters. The second kappa shape index (κ2) is 6.70. The van der Waals surface area contributed by atoms with Gasteiger partial charge in [-0.1, -0.05) is 11.6 Å². The highest BCUT2D eigenvalue weighted by Crippen LogP contribution is 2.29. The predicted octanol–water partition coefficient (Wildman–Crippen LogP) is 3.98. The first-order chi connectivity index (χ1) is 9.25. The van der Waals surface area contributed by atoms with Gasteiger partial charge in [0.1, 0.15) is 0 Å². The molecule has 0 spiro atoms. The largest absolute Gasteiger partial charge is 0.381 e. The molecular weight excluding hydrogens is 295 g/mol. The number of fused-ring (bicyclic) bond motifs is 1. The zero-order valence-corrected chi connectivity index (χ0v) is 13.0. The summed E-state index contributed by atoms with van der Waals surface area (Å²) in [6.45, 7) is 3.74. The molecule has 0 radical (unpaired) electrons. The van der Waals surface area contributed by atoms with E-state index < -0.39 is 0 Å². The van der Waals surface area contributed by atoms with Crippen LogP contribution in [0.3, 0.4) is 0 Å². The lowest BCUT2D eigenvalue weighted by molar-refractivity contribution is 0.0663. The minimum absolute atomic E-state index is 0. The van der Waals surface area contributed by atoms with E-state index in [0.29, 0.717) is 5.92 Å². The molecule has 3 heterocycles. The smallest absolute Gasteiger partial charge is 0.0930 e. The van der Waals surface area contributed by atoms with E-state index in [1.54, 1.807) is 6.20 Å². The molecule has 1 saturated heterocycles. The average molecular weight is 313 g/mol. The third kappa shape index (κ3) is 3.05. The molecule has 1 aliphatic rings. The van der Waals surface area contributed by atoms with Gasteiger partial charge in [-0.25, -0.2) is 4.98 Å². The standard InChI is InChI=1S/C15H17ClN2O.ClH/c1-10-14(16)13(9-11-4-7-19-8-5-11)18-12-3-2-6-17-15(10)12;/h2-3,6,11H,4-5,7-9H2,1H3;1H. The number of hydrogen-bond donors (Lipinski definition) is 0. The van der Waals surface area contributed by atoms with Crippen LogP contribution in [0.25, 0.3) is 11.0 Å². The Bertz CT molecular complexity index is 598. The first kappa shape index (κ1) is 15.5. The van der Waals surface area contributed by atoms with Gasteiger partial charge < -0.3 is 4.74 Å². The van der Waals surface area contributed by atoms with Crippen molar-refractivity contribution in [1.82, 2.24) is 9.97 Å². The SMILES string of the molecule is Cc1c(Cl)c(CC2CCOCC2)nc2cccnc12.Cl. The van der Waals surface area contributed by atoms with Crippen molar-refractivity contribution in [2.75, 3.05) is 13.2 Å². The molecule has 2 aromatic heterocycles. The van der Waals surface area contributed by atoms with Gasteiger partial charge in [0.15, 0.2) is 0 Å². The molecule has 20 heavy (non-hydrogen) atoms. The summed E-state index contributed by atoms with van der Waals surface area (Å²) in [6, 6.07) is 3.92. The number of aryl methyl sites for hydroxylation is 1. The monoisotopic (exact) mass is 312 g/mol. The second-order valence-electron chi connectivity index (χ2n) is 5.13. The first-order valence-corrected chi connectivity index (χ1v) is 7.11. The molecule has 1 fully saturated rings. The van der Waals surface area contributed by atoms with Gasteiger partial charge in [0.05, 0.1) is 21.7 Å². The Morgan fingerprint density at radius 2 is 2.10 bits per heavy atom. The van der Waals surface area contributed by atoms with Crippen LogP contribution >= 0.6 is 24.0 Å². The highest BCUT2D eigenvalue weighted by molar-refractivity contribution is 6.32. The topological polar surface area (TPSA) is 35.0 Å². The van der Waals surface area contributed by atoms with Gasteiger partial charge >= 0.3 is 0 Å². The minimum atomic E-state index is 0. The lowest BCUT2D eigenvalue weighted by Crippen LogP contribution is -2.18. The molecule has 0 N–H and O–H groups in total. The molecule has 3 rings (SSSR count). The molecule has 0 aromatic carbocycles. The zero-order valence-electron chi connectivity index (χ0n) is 11.4. The molecule has 0 amide bonds. The van der Waals surface area contributed by atoms with E-state index in [2.05, 4.69) is 4.98 Å². The maximum atomic E-state index is 6.46. The number of aromatic nitrogens is 2. The Labute approximate surface area is 130 Å². The van der Waals surface area contributed by atoms with Crippen LogP contribution in [0.4, 0.5) is 0 Å². The van der Waals surface area contributed by atoms with E-state index in [1.165, 1.54) is 0 Å². The summed E-state index contributed by atoms with van der Waals surface area (Å²) in [4.78, 5) is 9.06. The summed E-state index contributed by atoms with van der Waals surface area (Å²) in [5.41, 5.74) is 3.88. The van der Waals surface area contributed by atoms with Gasteiger partial charge in [-0.3, -0.25) is 4.98 Å². The van der Waals surface area contributed by atoms with Crippen molar-refractivity contribution in [2.24, 2.45) is 5.92 Å². The molecular formula is C15H18Cl2N2O. The average Bonchev–Trinajstić information content (AvgIpc) is 2.46. The van der Waals surface area contributed by atoms with Gasteiger partial charge in [-0.2, -0.15) is 0 Å². The Kier molecular flexibility index (Phi) is 5.19. The van der Waals surface area contributed by atoms with Crippen LogP contribution in [0.15, 0.2) is 18.3 Å². The van der Waals surface area contributed by atoms with Crippen LogP contribution in [0, 0.1) is 12.8 Å². The summed E-state index contributed by atoms with van der Waals surface area (Å²) < 4.78 is 5.40. The Morgan fingerprint density at radius 1 is 1.35 bits per heavy atom. The molecule has 2 aromatic rings. The molecule has 3 nitrogen and oxygen atoms in total. The van der Waals surface area contributed by atoms with E-state index in [0.717, 1.165) is 59.8 Å². The van der Waals surface area contributed by atoms with Crippen molar-refractivity contribution in [3.05, 3.63) is 34.6 Å². The number of halogens is 2. The summed E-state index contributed by atoms with van der Waals surface area (Å²) in [5.74, 6) is 0.632. The van der Waals surface area contributed by atoms with E-state index in [4.69, 9.17) is 21.3 Å². The van der Waals surface area contributed by atoms with E-state index in [-0.39, 0.29) is 12.4 Å². The molecule has 0 saturated carbocycles. The number of rotatable bonds is 2. The fourth-order valence-electron chi connectivity index (χ4n) is 2.65. The maximum Gasteiger partial charge on any atom is 0.0930 e. The van der Waals surface area contributed by atoms with Crippen molar-refractivity contribution in [1.29, 1.82) is 0 Å². The van der Waals surface area contributed by atoms with Crippen LogP contribution < -0.4 is 0 Å². The maximum absolute atomic E-state index is 6.46. The predicted molar refractivity (Wildman–Crippen MR) is 83.8 cm³/mol. The summed E-state index contributed by atoms with van der Waals surface area (Å²) in [6.07, 6.45) is 4.92. The number of ether oxygens (including phenoxy) is 1. The van der Waals surface area contributed by atoms with E-state index in [9.17, 15) is 0 Å². The highest BCUT2D eigenvalue weighted by Gasteiger charge is 2.18. The van der Waals surface area contributed by atoms with Gasteiger partial charge in [-0.15, -0.1) is 12.4 Å². The normalized spacial score (nSPS) is 16.1. The summed E-state index contributed by atoms with van der Waals surface area (Å²) in [5, 5.41) is 0.776. The second-order valence-corrected chi connectivity index (χ2v) is 5.51. The Morgan fingerprint density at radius 3 is 2.85 bits per heavy atom. The van der Waals surface area contributed by atoms with E-state index >= 15 is 0 Å². The fraction of sp³-hybridized carbons (Fsp3) is 0.467. The Balaban J connectivity index is 0.00000147. The molecule has 108 valence electrons.